The lowest BCUT2D eigenvalue weighted by Crippen LogP contribution is -2.02. The summed E-state index contributed by atoms with van der Waals surface area (Å²) in [5.74, 6) is 0. The molecule has 0 aliphatic carbocycles. The van der Waals surface area contributed by atoms with Gasteiger partial charge in [0.1, 0.15) is 0 Å². The van der Waals surface area contributed by atoms with Gasteiger partial charge >= 0.3 is 0 Å². The highest BCUT2D eigenvalue weighted by Gasteiger charge is 2.02. The Hall–Kier alpha value is -1.06. The molecule has 0 aromatic carbocycles. The summed E-state index contributed by atoms with van der Waals surface area (Å²) in [5, 5.41) is 1.15. The summed E-state index contributed by atoms with van der Waals surface area (Å²) in [6.45, 7) is 0.575. The maximum absolute atomic E-state index is 5.57. The van der Waals surface area contributed by atoms with Gasteiger partial charge in [-0.25, -0.2) is 0 Å². The molecule has 13 heavy (non-hydrogen) atoms. The van der Waals surface area contributed by atoms with E-state index >= 15 is 0 Å². The molecule has 2 rings (SSSR count). The average molecular weight is 198 g/mol. The number of nitrogens with two attached hydrogens (primary N) is 1. The number of halogens is 1. The van der Waals surface area contributed by atoms with Gasteiger partial charge in [0, 0.05) is 37.1 Å². The number of aromatic nitrogens is 2. The Morgan fingerprint density at radius 1 is 1.54 bits per heavy atom. The lowest BCUT2D eigenvalue weighted by atomic mass is 10.3. The second-order valence-electron chi connectivity index (χ2n) is 2.83. The van der Waals surface area contributed by atoms with Crippen molar-refractivity contribution in [2.75, 3.05) is 0 Å². The SMILES string of the molecule is Cl.Cn1c(CN)cc2cnccc21. The standard InChI is InChI=1S/C9H11N3.ClH/c1-12-8(5-10)4-7-6-11-3-2-9(7)12;/h2-4,6H,5,10H2,1H3;1H. The predicted molar refractivity (Wildman–Crippen MR) is 55.9 cm³/mol. The second kappa shape index (κ2) is 3.77. The fraction of sp³-hybridized carbons (Fsp3) is 0.222. The van der Waals surface area contributed by atoms with Crippen LogP contribution >= 0.6 is 12.4 Å². The van der Waals surface area contributed by atoms with Crippen LogP contribution in [0.5, 0.6) is 0 Å². The number of rotatable bonds is 1. The van der Waals surface area contributed by atoms with Gasteiger partial charge in [-0.15, -0.1) is 12.4 Å². The van der Waals surface area contributed by atoms with E-state index in [1.165, 1.54) is 5.52 Å². The van der Waals surface area contributed by atoms with Gasteiger partial charge in [0.05, 0.1) is 5.52 Å². The van der Waals surface area contributed by atoms with Crippen LogP contribution in [0.15, 0.2) is 24.5 Å². The van der Waals surface area contributed by atoms with Gasteiger partial charge in [-0.05, 0) is 12.1 Å². The predicted octanol–water partition coefficient (Wildman–Crippen LogP) is 1.45. The molecule has 4 heteroatoms. The van der Waals surface area contributed by atoms with E-state index in [2.05, 4.69) is 15.6 Å². The van der Waals surface area contributed by atoms with Crippen molar-refractivity contribution in [1.29, 1.82) is 0 Å². The topological polar surface area (TPSA) is 43.8 Å². The molecule has 0 amide bonds. The van der Waals surface area contributed by atoms with E-state index in [9.17, 15) is 0 Å². The molecule has 0 aliphatic rings. The zero-order valence-corrected chi connectivity index (χ0v) is 8.21. The summed E-state index contributed by atoms with van der Waals surface area (Å²) >= 11 is 0. The lowest BCUT2D eigenvalue weighted by molar-refractivity contribution is 0.849. The van der Waals surface area contributed by atoms with Gasteiger partial charge in [-0.3, -0.25) is 4.98 Å². The molecule has 2 N–H and O–H groups in total. The molecule has 2 aromatic rings. The summed E-state index contributed by atoms with van der Waals surface area (Å²) < 4.78 is 2.09. The second-order valence-corrected chi connectivity index (χ2v) is 2.83. The Labute approximate surface area is 83.0 Å². The summed E-state index contributed by atoms with van der Waals surface area (Å²) in [4.78, 5) is 4.05. The highest BCUT2D eigenvalue weighted by molar-refractivity contribution is 5.85. The van der Waals surface area contributed by atoms with Crippen molar-refractivity contribution in [2.24, 2.45) is 12.8 Å². The molecular formula is C9H12ClN3. The number of hydrogen-bond donors (Lipinski definition) is 1. The number of hydrogen-bond acceptors (Lipinski definition) is 2. The molecule has 0 atom stereocenters. The first-order chi connectivity index (χ1) is 5.83. The van der Waals surface area contributed by atoms with E-state index in [1.807, 2.05) is 19.3 Å². The van der Waals surface area contributed by atoms with Crippen molar-refractivity contribution < 1.29 is 0 Å². The van der Waals surface area contributed by atoms with Crippen LogP contribution in [0.25, 0.3) is 10.9 Å². The number of fused-ring (bicyclic) bond motifs is 1. The molecule has 0 saturated carbocycles. The highest BCUT2D eigenvalue weighted by atomic mass is 35.5. The van der Waals surface area contributed by atoms with E-state index in [0.29, 0.717) is 6.54 Å². The van der Waals surface area contributed by atoms with Crippen LogP contribution in [-0.2, 0) is 13.6 Å². The molecule has 0 spiro atoms. The van der Waals surface area contributed by atoms with E-state index in [-0.39, 0.29) is 12.4 Å². The third kappa shape index (κ3) is 1.53. The Bertz CT molecular complexity index is 408. The van der Waals surface area contributed by atoms with Gasteiger partial charge in [0.25, 0.3) is 0 Å². The van der Waals surface area contributed by atoms with Crippen LogP contribution in [0, 0.1) is 0 Å². The van der Waals surface area contributed by atoms with Gasteiger partial charge < -0.3 is 10.3 Å². The molecule has 0 bridgehead atoms. The van der Waals surface area contributed by atoms with E-state index < -0.39 is 0 Å². The van der Waals surface area contributed by atoms with Crippen LogP contribution in [0.2, 0.25) is 0 Å². The Balaban J connectivity index is 0.000000845. The molecule has 3 nitrogen and oxygen atoms in total. The first-order valence-corrected chi connectivity index (χ1v) is 3.91. The molecule has 70 valence electrons. The summed E-state index contributed by atoms with van der Waals surface area (Å²) in [6, 6.07) is 4.07. The smallest absolute Gasteiger partial charge is 0.0511 e. The zero-order valence-electron chi connectivity index (χ0n) is 7.40. The van der Waals surface area contributed by atoms with Crippen molar-refractivity contribution >= 4 is 23.3 Å². The average Bonchev–Trinajstić information content (AvgIpc) is 2.44. The van der Waals surface area contributed by atoms with Crippen LogP contribution in [0.4, 0.5) is 0 Å². The third-order valence-electron chi connectivity index (χ3n) is 2.15. The Morgan fingerprint density at radius 3 is 2.92 bits per heavy atom. The highest BCUT2D eigenvalue weighted by Crippen LogP contribution is 2.16. The van der Waals surface area contributed by atoms with E-state index in [1.54, 1.807) is 6.20 Å². The molecule has 0 saturated heterocycles. The largest absolute Gasteiger partial charge is 0.346 e. The Kier molecular flexibility index (Phi) is 2.90. The molecule has 2 heterocycles. The van der Waals surface area contributed by atoms with Crippen molar-refractivity contribution in [3.63, 3.8) is 0 Å². The van der Waals surface area contributed by atoms with Gasteiger partial charge in [-0.1, -0.05) is 0 Å². The normalized spacial score (nSPS) is 10.0. The van der Waals surface area contributed by atoms with Crippen molar-refractivity contribution in [3.8, 4) is 0 Å². The number of aryl methyl sites for hydroxylation is 1. The minimum atomic E-state index is 0. The summed E-state index contributed by atoms with van der Waals surface area (Å²) in [6.07, 6.45) is 3.65. The quantitative estimate of drug-likeness (QED) is 0.752. The monoisotopic (exact) mass is 197 g/mol. The van der Waals surface area contributed by atoms with Gasteiger partial charge in [-0.2, -0.15) is 0 Å². The minimum absolute atomic E-state index is 0. The number of nitrogens with zero attached hydrogens (tertiary/aromatic N) is 2. The maximum atomic E-state index is 5.57. The fourth-order valence-corrected chi connectivity index (χ4v) is 1.44. The maximum Gasteiger partial charge on any atom is 0.0511 e. The van der Waals surface area contributed by atoms with Crippen molar-refractivity contribution in [3.05, 3.63) is 30.2 Å². The van der Waals surface area contributed by atoms with E-state index in [0.717, 1.165) is 11.1 Å². The lowest BCUT2D eigenvalue weighted by Gasteiger charge is -1.99. The zero-order chi connectivity index (χ0) is 8.55. The van der Waals surface area contributed by atoms with E-state index in [4.69, 9.17) is 5.73 Å². The van der Waals surface area contributed by atoms with Crippen molar-refractivity contribution in [1.82, 2.24) is 9.55 Å². The first-order valence-electron chi connectivity index (χ1n) is 3.91. The Morgan fingerprint density at radius 2 is 2.31 bits per heavy atom. The fourth-order valence-electron chi connectivity index (χ4n) is 1.44. The van der Waals surface area contributed by atoms with Crippen LogP contribution in [-0.4, -0.2) is 9.55 Å². The number of pyridine rings is 1. The molecule has 0 aliphatic heterocycles. The van der Waals surface area contributed by atoms with Crippen molar-refractivity contribution in [2.45, 2.75) is 6.54 Å². The molecule has 0 unspecified atom stereocenters. The molecule has 0 radical (unpaired) electrons. The molecule has 2 aromatic heterocycles. The minimum Gasteiger partial charge on any atom is -0.346 e. The first kappa shape index (κ1) is 10.0. The van der Waals surface area contributed by atoms with Gasteiger partial charge in [0.15, 0.2) is 0 Å². The molecule has 0 fully saturated rings. The van der Waals surface area contributed by atoms with Crippen LogP contribution in [0.3, 0.4) is 0 Å². The molecular weight excluding hydrogens is 186 g/mol. The van der Waals surface area contributed by atoms with Crippen LogP contribution in [0.1, 0.15) is 5.69 Å². The van der Waals surface area contributed by atoms with Crippen LogP contribution < -0.4 is 5.73 Å². The summed E-state index contributed by atoms with van der Waals surface area (Å²) in [5.41, 5.74) is 7.90. The summed E-state index contributed by atoms with van der Waals surface area (Å²) in [7, 11) is 2.02. The van der Waals surface area contributed by atoms with Gasteiger partial charge in [0.2, 0.25) is 0 Å². The third-order valence-corrected chi connectivity index (χ3v) is 2.15.